The van der Waals surface area contributed by atoms with Crippen molar-refractivity contribution in [2.75, 3.05) is 0 Å². The van der Waals surface area contributed by atoms with Crippen molar-refractivity contribution in [3.8, 4) is 0 Å². The summed E-state index contributed by atoms with van der Waals surface area (Å²) in [5.74, 6) is -0.821. The van der Waals surface area contributed by atoms with Gasteiger partial charge in [0.05, 0.1) is 0 Å². The second-order valence-corrected chi connectivity index (χ2v) is 5.29. The maximum absolute atomic E-state index is 11.0. The summed E-state index contributed by atoms with van der Waals surface area (Å²) in [6.07, 6.45) is 0.676. The Morgan fingerprint density at radius 2 is 1.81 bits per heavy atom. The maximum atomic E-state index is 11.0. The molecule has 0 bridgehead atoms. The summed E-state index contributed by atoms with van der Waals surface area (Å²) in [4.78, 5) is 20.9. The highest BCUT2D eigenvalue weighted by molar-refractivity contribution is 5.84. The first-order valence-corrected chi connectivity index (χ1v) is 5.42. The Balaban J connectivity index is 4.67. The predicted octanol–water partition coefficient (Wildman–Crippen LogP) is 3.14. The van der Waals surface area contributed by atoms with E-state index in [4.69, 9.17) is 14.9 Å². The van der Waals surface area contributed by atoms with Gasteiger partial charge in [-0.15, -0.1) is 0 Å². The quantitative estimate of drug-likeness (QED) is 0.341. The summed E-state index contributed by atoms with van der Waals surface area (Å²) in [5, 5.41) is 8.99. The molecule has 0 spiro atoms. The van der Waals surface area contributed by atoms with Crippen LogP contribution in [0.1, 0.15) is 48.0 Å². The number of carboxylic acids is 1. The van der Waals surface area contributed by atoms with Crippen molar-refractivity contribution in [2.45, 2.75) is 53.6 Å². The smallest absolute Gasteiger partial charge is 0.375 e. The monoisotopic (exact) mass is 230 g/mol. The highest BCUT2D eigenvalue weighted by Gasteiger charge is 2.20. The van der Waals surface area contributed by atoms with Crippen LogP contribution in [0.15, 0.2) is 11.3 Å². The number of hydrogen-bond acceptors (Lipinski definition) is 3. The molecule has 0 rings (SSSR count). The van der Waals surface area contributed by atoms with E-state index in [1.807, 2.05) is 13.8 Å². The fourth-order valence-electron chi connectivity index (χ4n) is 1.16. The van der Waals surface area contributed by atoms with Gasteiger partial charge in [0.25, 0.3) is 0 Å². The van der Waals surface area contributed by atoms with Crippen molar-refractivity contribution < 1.29 is 19.7 Å². The van der Waals surface area contributed by atoms with Crippen LogP contribution in [0.5, 0.6) is 0 Å². The van der Waals surface area contributed by atoms with Crippen LogP contribution in [0, 0.1) is 5.92 Å². The Morgan fingerprint density at radius 1 is 1.31 bits per heavy atom. The number of allylic oxidation sites excluding steroid dienone is 1. The van der Waals surface area contributed by atoms with Crippen molar-refractivity contribution in [1.29, 1.82) is 0 Å². The lowest BCUT2D eigenvalue weighted by molar-refractivity contribution is -0.321. The van der Waals surface area contributed by atoms with Gasteiger partial charge in [-0.1, -0.05) is 13.8 Å². The first-order valence-electron chi connectivity index (χ1n) is 5.42. The van der Waals surface area contributed by atoms with E-state index >= 15 is 0 Å². The molecule has 0 aromatic heterocycles. The van der Waals surface area contributed by atoms with Gasteiger partial charge in [-0.3, -0.25) is 0 Å². The Hall–Kier alpha value is -1.03. The van der Waals surface area contributed by atoms with E-state index in [2.05, 4.69) is 0 Å². The van der Waals surface area contributed by atoms with Crippen molar-refractivity contribution in [3.63, 3.8) is 0 Å². The molecule has 0 amide bonds. The SMILES string of the molecule is CC(CC(C)C)=C(OOC(C)(C)C)C(=O)O. The third kappa shape index (κ3) is 6.45. The molecule has 0 saturated heterocycles. The minimum Gasteiger partial charge on any atom is -0.475 e. The Morgan fingerprint density at radius 3 is 2.12 bits per heavy atom. The zero-order chi connectivity index (χ0) is 12.9. The average Bonchev–Trinajstić information content (AvgIpc) is 1.99. The Kier molecular flexibility index (Phi) is 5.51. The van der Waals surface area contributed by atoms with Crippen molar-refractivity contribution in [3.05, 3.63) is 11.3 Å². The molecule has 0 aliphatic rings. The second-order valence-electron chi connectivity index (χ2n) is 5.29. The molecular weight excluding hydrogens is 208 g/mol. The lowest BCUT2D eigenvalue weighted by Crippen LogP contribution is -2.21. The molecule has 0 aromatic carbocycles. The number of rotatable bonds is 5. The Bertz CT molecular complexity index is 271. The molecule has 0 aliphatic carbocycles. The molecule has 0 aromatic rings. The normalized spacial score (nSPS) is 13.7. The van der Waals surface area contributed by atoms with Gasteiger partial charge < -0.3 is 9.99 Å². The van der Waals surface area contributed by atoms with Crippen LogP contribution in [0.2, 0.25) is 0 Å². The zero-order valence-electron chi connectivity index (χ0n) is 11.0. The largest absolute Gasteiger partial charge is 0.475 e. The predicted molar refractivity (Wildman–Crippen MR) is 61.7 cm³/mol. The summed E-state index contributed by atoms with van der Waals surface area (Å²) in [5.41, 5.74) is 0.158. The molecular formula is C12H22O4. The molecule has 0 saturated carbocycles. The number of hydrogen-bond donors (Lipinski definition) is 1. The molecule has 0 aliphatic heterocycles. The van der Waals surface area contributed by atoms with E-state index in [-0.39, 0.29) is 5.76 Å². The summed E-state index contributed by atoms with van der Waals surface area (Å²) in [6, 6.07) is 0. The maximum Gasteiger partial charge on any atom is 0.375 e. The lowest BCUT2D eigenvalue weighted by atomic mass is 10.0. The highest BCUT2D eigenvalue weighted by atomic mass is 17.2. The summed E-state index contributed by atoms with van der Waals surface area (Å²) in [6.45, 7) is 11.2. The van der Waals surface area contributed by atoms with Crippen LogP contribution in [-0.2, 0) is 14.6 Å². The molecule has 0 fully saturated rings. The molecule has 4 heteroatoms. The molecule has 0 unspecified atom stereocenters. The van der Waals surface area contributed by atoms with Crippen LogP contribution in [0.3, 0.4) is 0 Å². The van der Waals surface area contributed by atoms with Crippen LogP contribution in [0.25, 0.3) is 0 Å². The average molecular weight is 230 g/mol. The molecule has 4 nitrogen and oxygen atoms in total. The number of carbonyl (C=O) groups is 1. The van der Waals surface area contributed by atoms with E-state index in [0.717, 1.165) is 0 Å². The minimum atomic E-state index is -1.10. The molecule has 0 heterocycles. The molecule has 16 heavy (non-hydrogen) atoms. The Labute approximate surface area is 97.2 Å². The van der Waals surface area contributed by atoms with E-state index in [1.165, 1.54) is 0 Å². The van der Waals surface area contributed by atoms with Gasteiger partial charge in [0, 0.05) is 0 Å². The molecule has 0 radical (unpaired) electrons. The fraction of sp³-hybridized carbons (Fsp3) is 0.750. The lowest BCUT2D eigenvalue weighted by Gasteiger charge is -2.19. The van der Waals surface area contributed by atoms with Gasteiger partial charge in [-0.2, -0.15) is 4.89 Å². The first kappa shape index (κ1) is 15.0. The van der Waals surface area contributed by atoms with Crippen LogP contribution in [0.4, 0.5) is 0 Å². The van der Waals surface area contributed by atoms with Gasteiger partial charge in [-0.25, -0.2) is 4.79 Å². The number of aliphatic carboxylic acids is 1. The summed E-state index contributed by atoms with van der Waals surface area (Å²) < 4.78 is 0. The molecule has 1 N–H and O–H groups in total. The van der Waals surface area contributed by atoms with Gasteiger partial charge in [-0.05, 0) is 45.6 Å². The van der Waals surface area contributed by atoms with Gasteiger partial charge >= 0.3 is 5.97 Å². The first-order chi connectivity index (χ1) is 7.13. The van der Waals surface area contributed by atoms with Crippen LogP contribution >= 0.6 is 0 Å². The summed E-state index contributed by atoms with van der Waals surface area (Å²) >= 11 is 0. The second kappa shape index (κ2) is 5.89. The molecule has 0 atom stereocenters. The fourth-order valence-corrected chi connectivity index (χ4v) is 1.16. The van der Waals surface area contributed by atoms with E-state index in [1.54, 1.807) is 27.7 Å². The zero-order valence-corrected chi connectivity index (χ0v) is 11.0. The third-order valence-corrected chi connectivity index (χ3v) is 1.67. The van der Waals surface area contributed by atoms with Crippen molar-refractivity contribution >= 4 is 5.97 Å². The van der Waals surface area contributed by atoms with Gasteiger partial charge in [0.15, 0.2) is 0 Å². The highest BCUT2D eigenvalue weighted by Crippen LogP contribution is 2.18. The third-order valence-electron chi connectivity index (χ3n) is 1.67. The van der Waals surface area contributed by atoms with E-state index in [9.17, 15) is 4.79 Å². The van der Waals surface area contributed by atoms with Crippen LogP contribution < -0.4 is 0 Å². The topological polar surface area (TPSA) is 55.8 Å². The van der Waals surface area contributed by atoms with Gasteiger partial charge in [0.1, 0.15) is 5.60 Å². The van der Waals surface area contributed by atoms with Crippen molar-refractivity contribution in [1.82, 2.24) is 0 Å². The summed E-state index contributed by atoms with van der Waals surface area (Å²) in [7, 11) is 0. The minimum absolute atomic E-state index is 0.108. The molecule has 94 valence electrons. The number of carboxylic acid groups (broad SMARTS) is 1. The van der Waals surface area contributed by atoms with E-state index < -0.39 is 11.6 Å². The standard InChI is InChI=1S/C12H22O4/c1-8(2)7-9(3)10(11(13)14)15-16-12(4,5)6/h8H,7H2,1-6H3,(H,13,14). The van der Waals surface area contributed by atoms with E-state index in [0.29, 0.717) is 17.9 Å². The van der Waals surface area contributed by atoms with Gasteiger partial charge in [0.2, 0.25) is 5.76 Å². The van der Waals surface area contributed by atoms with Crippen molar-refractivity contribution in [2.24, 2.45) is 5.92 Å². The van der Waals surface area contributed by atoms with Crippen LogP contribution in [-0.4, -0.2) is 16.7 Å².